The van der Waals surface area contributed by atoms with E-state index in [1.807, 2.05) is 30.3 Å². The molecule has 0 radical (unpaired) electrons. The summed E-state index contributed by atoms with van der Waals surface area (Å²) in [6, 6.07) is 9.90. The second-order valence-corrected chi connectivity index (χ2v) is 4.12. The first-order chi connectivity index (χ1) is 9.34. The van der Waals surface area contributed by atoms with Crippen LogP contribution < -0.4 is 5.56 Å². The number of nitrogens with zero attached hydrogens (tertiary/aromatic N) is 3. The van der Waals surface area contributed by atoms with E-state index < -0.39 is 0 Å². The molecular formula is C13H11N5O. The van der Waals surface area contributed by atoms with Gasteiger partial charge in [-0.15, -0.1) is 5.10 Å². The van der Waals surface area contributed by atoms with Gasteiger partial charge >= 0.3 is 0 Å². The number of nitrogens with one attached hydrogen (secondary N) is 2. The lowest BCUT2D eigenvalue weighted by Gasteiger charge is -2.05. The molecule has 0 fully saturated rings. The zero-order valence-corrected chi connectivity index (χ0v) is 10.00. The Kier molecular flexibility index (Phi) is 2.89. The Balaban J connectivity index is 2.07. The number of H-pyrrole nitrogens is 2. The smallest absolute Gasteiger partial charge is 0.267 e. The molecule has 2 heterocycles. The van der Waals surface area contributed by atoms with E-state index in [1.165, 1.54) is 0 Å². The molecule has 1 aromatic carbocycles. The van der Waals surface area contributed by atoms with Crippen molar-refractivity contribution in [2.75, 3.05) is 0 Å². The molecule has 6 heteroatoms. The van der Waals surface area contributed by atoms with Gasteiger partial charge in [-0.25, -0.2) is 5.10 Å². The standard InChI is InChI=1S/C13H11N5O/c19-13-12(11-8-15-18-16-11)10(7-14-17-13)6-9-4-2-1-3-5-9/h1-5,7-8H,6H2,(H,17,19)(H,15,16,18). The third kappa shape index (κ3) is 2.28. The summed E-state index contributed by atoms with van der Waals surface area (Å²) in [6.07, 6.45) is 3.87. The van der Waals surface area contributed by atoms with Crippen LogP contribution in [0.25, 0.3) is 11.3 Å². The van der Waals surface area contributed by atoms with Gasteiger partial charge in [0, 0.05) is 0 Å². The van der Waals surface area contributed by atoms with E-state index in [2.05, 4.69) is 25.6 Å². The highest BCUT2D eigenvalue weighted by Gasteiger charge is 2.13. The van der Waals surface area contributed by atoms with Crippen molar-refractivity contribution < 1.29 is 0 Å². The van der Waals surface area contributed by atoms with Crippen molar-refractivity contribution in [1.29, 1.82) is 0 Å². The Labute approximate surface area is 108 Å². The van der Waals surface area contributed by atoms with Crippen molar-refractivity contribution in [3.63, 3.8) is 0 Å². The predicted molar refractivity (Wildman–Crippen MR) is 69.5 cm³/mol. The van der Waals surface area contributed by atoms with E-state index in [9.17, 15) is 4.79 Å². The van der Waals surface area contributed by atoms with Crippen LogP contribution in [0.4, 0.5) is 0 Å². The molecule has 0 unspecified atom stereocenters. The second-order valence-electron chi connectivity index (χ2n) is 4.12. The molecule has 19 heavy (non-hydrogen) atoms. The molecule has 2 aromatic heterocycles. The molecule has 0 aliphatic heterocycles. The summed E-state index contributed by atoms with van der Waals surface area (Å²) in [5, 5.41) is 16.4. The monoisotopic (exact) mass is 253 g/mol. The summed E-state index contributed by atoms with van der Waals surface area (Å²) in [4.78, 5) is 11.9. The fourth-order valence-corrected chi connectivity index (χ4v) is 1.99. The normalized spacial score (nSPS) is 10.5. The maximum atomic E-state index is 11.9. The summed E-state index contributed by atoms with van der Waals surface area (Å²) in [5.74, 6) is 0. The third-order valence-corrected chi connectivity index (χ3v) is 2.84. The lowest BCUT2D eigenvalue weighted by Crippen LogP contribution is -2.14. The van der Waals surface area contributed by atoms with Gasteiger partial charge in [-0.2, -0.15) is 5.10 Å². The molecule has 0 amide bonds. The zero-order valence-electron chi connectivity index (χ0n) is 10.00. The second kappa shape index (κ2) is 4.85. The van der Waals surface area contributed by atoms with E-state index >= 15 is 0 Å². The van der Waals surface area contributed by atoms with Gasteiger partial charge in [-0.05, 0) is 17.5 Å². The fraction of sp³-hybridized carbons (Fsp3) is 0.0769. The van der Waals surface area contributed by atoms with Crippen molar-refractivity contribution in [1.82, 2.24) is 25.6 Å². The molecule has 0 aliphatic rings. The van der Waals surface area contributed by atoms with Gasteiger partial charge in [0.2, 0.25) is 0 Å². The summed E-state index contributed by atoms with van der Waals surface area (Å²) < 4.78 is 0. The van der Waals surface area contributed by atoms with Crippen LogP contribution in [-0.2, 0) is 6.42 Å². The first kappa shape index (κ1) is 11.3. The maximum Gasteiger partial charge on any atom is 0.274 e. The molecule has 3 rings (SSSR count). The van der Waals surface area contributed by atoms with Crippen molar-refractivity contribution in [3.8, 4) is 11.3 Å². The van der Waals surface area contributed by atoms with Crippen LogP contribution in [0, 0.1) is 0 Å². The third-order valence-electron chi connectivity index (χ3n) is 2.84. The Morgan fingerprint density at radius 3 is 2.74 bits per heavy atom. The van der Waals surface area contributed by atoms with Crippen molar-refractivity contribution >= 4 is 0 Å². The molecule has 0 saturated carbocycles. The summed E-state index contributed by atoms with van der Waals surface area (Å²) >= 11 is 0. The quantitative estimate of drug-likeness (QED) is 0.732. The summed E-state index contributed by atoms with van der Waals surface area (Å²) in [6.45, 7) is 0. The topological polar surface area (TPSA) is 87.3 Å². The molecule has 3 aromatic rings. The number of benzene rings is 1. The van der Waals surface area contributed by atoms with Crippen LogP contribution in [0.5, 0.6) is 0 Å². The van der Waals surface area contributed by atoms with E-state index in [1.54, 1.807) is 12.4 Å². The van der Waals surface area contributed by atoms with Gasteiger partial charge in [-0.3, -0.25) is 9.89 Å². The Morgan fingerprint density at radius 1 is 1.16 bits per heavy atom. The number of rotatable bonds is 3. The molecule has 0 bridgehead atoms. The molecule has 0 saturated heterocycles. The molecule has 94 valence electrons. The highest BCUT2D eigenvalue weighted by Crippen LogP contribution is 2.18. The first-order valence-electron chi connectivity index (χ1n) is 5.82. The molecule has 0 aliphatic carbocycles. The van der Waals surface area contributed by atoms with Crippen LogP contribution in [0.3, 0.4) is 0 Å². The molecular weight excluding hydrogens is 242 g/mol. The van der Waals surface area contributed by atoms with E-state index in [0.717, 1.165) is 11.1 Å². The predicted octanol–water partition coefficient (Wildman–Crippen LogP) is 1.15. The average molecular weight is 253 g/mol. The van der Waals surface area contributed by atoms with Crippen molar-refractivity contribution in [2.24, 2.45) is 0 Å². The van der Waals surface area contributed by atoms with Crippen molar-refractivity contribution in [2.45, 2.75) is 6.42 Å². The van der Waals surface area contributed by atoms with E-state index in [4.69, 9.17) is 0 Å². The Morgan fingerprint density at radius 2 is 2.00 bits per heavy atom. The average Bonchev–Trinajstić information content (AvgIpc) is 2.94. The Hall–Kier alpha value is -2.76. The van der Waals surface area contributed by atoms with Gasteiger partial charge in [0.1, 0.15) is 5.69 Å². The van der Waals surface area contributed by atoms with Gasteiger partial charge in [0.15, 0.2) is 0 Å². The fourth-order valence-electron chi connectivity index (χ4n) is 1.99. The number of hydrogen-bond acceptors (Lipinski definition) is 4. The van der Waals surface area contributed by atoms with Gasteiger partial charge in [0.05, 0.1) is 18.0 Å². The summed E-state index contributed by atoms with van der Waals surface area (Å²) in [7, 11) is 0. The van der Waals surface area contributed by atoms with Crippen LogP contribution >= 0.6 is 0 Å². The lowest BCUT2D eigenvalue weighted by atomic mass is 10.0. The van der Waals surface area contributed by atoms with E-state index in [-0.39, 0.29) is 5.56 Å². The molecule has 2 N–H and O–H groups in total. The molecule has 0 spiro atoms. The zero-order chi connectivity index (χ0) is 13.1. The Bertz CT molecular complexity index is 718. The summed E-state index contributed by atoms with van der Waals surface area (Å²) in [5.41, 5.74) is 2.70. The number of aromatic nitrogens is 5. The van der Waals surface area contributed by atoms with Gasteiger partial charge in [0.25, 0.3) is 5.56 Å². The lowest BCUT2D eigenvalue weighted by molar-refractivity contribution is 0.932. The van der Waals surface area contributed by atoms with Crippen LogP contribution in [0.2, 0.25) is 0 Å². The maximum absolute atomic E-state index is 11.9. The van der Waals surface area contributed by atoms with E-state index in [0.29, 0.717) is 17.7 Å². The minimum absolute atomic E-state index is 0.262. The first-order valence-corrected chi connectivity index (χ1v) is 5.82. The largest absolute Gasteiger partial charge is 0.274 e. The van der Waals surface area contributed by atoms with Crippen LogP contribution in [0.15, 0.2) is 47.5 Å². The van der Waals surface area contributed by atoms with Gasteiger partial charge < -0.3 is 0 Å². The molecule has 0 atom stereocenters. The molecule has 6 nitrogen and oxygen atoms in total. The number of aromatic amines is 2. The number of hydrogen-bond donors (Lipinski definition) is 2. The van der Waals surface area contributed by atoms with Gasteiger partial charge in [-0.1, -0.05) is 35.5 Å². The van der Waals surface area contributed by atoms with Crippen LogP contribution in [-0.4, -0.2) is 25.6 Å². The highest BCUT2D eigenvalue weighted by molar-refractivity contribution is 5.61. The minimum Gasteiger partial charge on any atom is -0.267 e. The minimum atomic E-state index is -0.262. The highest BCUT2D eigenvalue weighted by atomic mass is 16.1. The van der Waals surface area contributed by atoms with Crippen molar-refractivity contribution in [3.05, 3.63) is 64.2 Å². The van der Waals surface area contributed by atoms with Crippen LogP contribution in [0.1, 0.15) is 11.1 Å². The SMILES string of the molecule is O=c1[nH]ncc(Cc2ccccc2)c1-c1c[nH]nn1.